The van der Waals surface area contributed by atoms with Crippen LogP contribution in [0, 0.1) is 3.57 Å². The summed E-state index contributed by atoms with van der Waals surface area (Å²) in [4.78, 5) is 9.85. The molecular formula is C17H17IN2O3. The molecule has 1 atom stereocenters. The maximum absolute atomic E-state index is 5.91. The van der Waals surface area contributed by atoms with Crippen molar-refractivity contribution in [2.75, 3.05) is 7.11 Å². The van der Waals surface area contributed by atoms with Gasteiger partial charge in [0.15, 0.2) is 11.5 Å². The van der Waals surface area contributed by atoms with Crippen LogP contribution in [0.2, 0.25) is 0 Å². The summed E-state index contributed by atoms with van der Waals surface area (Å²) in [6.45, 7) is 2.35. The first-order chi connectivity index (χ1) is 11.2. The molecule has 120 valence electrons. The highest BCUT2D eigenvalue weighted by Crippen LogP contribution is 2.36. The molecule has 3 rings (SSSR count). The van der Waals surface area contributed by atoms with Crippen LogP contribution in [0.5, 0.6) is 11.5 Å². The van der Waals surface area contributed by atoms with E-state index in [1.54, 1.807) is 7.11 Å². The molecule has 1 N–H and O–H groups in total. The number of hydroxylamine groups is 1. The van der Waals surface area contributed by atoms with Gasteiger partial charge < -0.3 is 9.47 Å². The summed E-state index contributed by atoms with van der Waals surface area (Å²) in [5, 5.41) is 0. The topological polar surface area (TPSA) is 52.1 Å². The zero-order valence-electron chi connectivity index (χ0n) is 12.9. The summed E-state index contributed by atoms with van der Waals surface area (Å²) in [5.41, 5.74) is 4.82. The fourth-order valence-corrected chi connectivity index (χ4v) is 2.96. The van der Waals surface area contributed by atoms with Crippen molar-refractivity contribution in [2.24, 2.45) is 4.99 Å². The van der Waals surface area contributed by atoms with Crippen LogP contribution < -0.4 is 15.0 Å². The largest absolute Gasteiger partial charge is 0.493 e. The van der Waals surface area contributed by atoms with Crippen molar-refractivity contribution in [3.05, 3.63) is 57.2 Å². The van der Waals surface area contributed by atoms with E-state index in [4.69, 9.17) is 14.3 Å². The summed E-state index contributed by atoms with van der Waals surface area (Å²) >= 11 is 2.26. The van der Waals surface area contributed by atoms with Crippen LogP contribution in [-0.2, 0) is 11.4 Å². The zero-order chi connectivity index (χ0) is 16.2. The van der Waals surface area contributed by atoms with Gasteiger partial charge in [-0.1, -0.05) is 30.3 Å². The van der Waals surface area contributed by atoms with Gasteiger partial charge in [0.1, 0.15) is 12.4 Å². The van der Waals surface area contributed by atoms with Crippen LogP contribution in [0.1, 0.15) is 24.3 Å². The van der Waals surface area contributed by atoms with Crippen molar-refractivity contribution in [1.29, 1.82) is 0 Å². The van der Waals surface area contributed by atoms with Gasteiger partial charge in [0.05, 0.1) is 7.11 Å². The van der Waals surface area contributed by atoms with E-state index in [9.17, 15) is 0 Å². The van der Waals surface area contributed by atoms with Gasteiger partial charge in [-0.3, -0.25) is 5.48 Å². The second-order valence-corrected chi connectivity index (χ2v) is 6.25. The molecule has 2 aromatic carbocycles. The number of halogens is 1. The molecule has 0 bridgehead atoms. The molecule has 6 heteroatoms. The number of nitrogens with one attached hydrogen (secondary N) is 1. The first-order valence-electron chi connectivity index (χ1n) is 7.17. The molecule has 1 aliphatic rings. The van der Waals surface area contributed by atoms with E-state index in [0.29, 0.717) is 18.1 Å². The lowest BCUT2D eigenvalue weighted by atomic mass is 10.1. The number of ether oxygens (including phenoxy) is 2. The predicted octanol–water partition coefficient (Wildman–Crippen LogP) is 3.83. The Labute approximate surface area is 148 Å². The van der Waals surface area contributed by atoms with E-state index < -0.39 is 0 Å². The van der Waals surface area contributed by atoms with Gasteiger partial charge in [-0.15, -0.1) is 0 Å². The standard InChI is InChI=1S/C17H17IN2O3/c1-11-19-17(23-20-11)13-8-15(21-2)16(9-14(13)18)22-10-12-6-4-3-5-7-12/h3-9,17H,10H2,1-2H3,(H,19,20). The van der Waals surface area contributed by atoms with Crippen molar-refractivity contribution < 1.29 is 14.3 Å². The van der Waals surface area contributed by atoms with E-state index in [-0.39, 0.29) is 6.23 Å². The number of methoxy groups -OCH3 is 1. The number of hydrogen-bond donors (Lipinski definition) is 1. The Morgan fingerprint density at radius 3 is 2.65 bits per heavy atom. The van der Waals surface area contributed by atoms with Gasteiger partial charge >= 0.3 is 0 Å². The molecule has 0 aliphatic carbocycles. The van der Waals surface area contributed by atoms with Crippen LogP contribution in [0.15, 0.2) is 47.5 Å². The molecule has 0 saturated carbocycles. The third-order valence-corrected chi connectivity index (χ3v) is 4.35. The smallest absolute Gasteiger partial charge is 0.203 e. The fourth-order valence-electron chi connectivity index (χ4n) is 2.25. The minimum Gasteiger partial charge on any atom is -0.493 e. The van der Waals surface area contributed by atoms with Gasteiger partial charge in [0, 0.05) is 9.13 Å². The predicted molar refractivity (Wildman–Crippen MR) is 96.6 cm³/mol. The Morgan fingerprint density at radius 1 is 1.22 bits per heavy atom. The number of benzene rings is 2. The lowest BCUT2D eigenvalue weighted by molar-refractivity contribution is 0.0367. The van der Waals surface area contributed by atoms with Crippen LogP contribution in [0.3, 0.4) is 0 Å². The monoisotopic (exact) mass is 424 g/mol. The summed E-state index contributed by atoms with van der Waals surface area (Å²) in [7, 11) is 1.63. The molecule has 0 fully saturated rings. The Bertz CT molecular complexity index is 719. The number of aliphatic imine (C=N–C) groups is 1. The van der Waals surface area contributed by atoms with Gasteiger partial charge in [-0.2, -0.15) is 0 Å². The van der Waals surface area contributed by atoms with Gasteiger partial charge in [0.2, 0.25) is 6.23 Å². The fraction of sp³-hybridized carbons (Fsp3) is 0.235. The van der Waals surface area contributed by atoms with Crippen LogP contribution in [0.4, 0.5) is 0 Å². The molecule has 1 heterocycles. The van der Waals surface area contributed by atoms with Crippen LogP contribution in [-0.4, -0.2) is 12.9 Å². The average molecular weight is 424 g/mol. The molecule has 1 aliphatic heterocycles. The third kappa shape index (κ3) is 3.76. The number of hydrogen-bond acceptors (Lipinski definition) is 5. The number of rotatable bonds is 5. The van der Waals surface area contributed by atoms with Crippen LogP contribution in [0.25, 0.3) is 0 Å². The normalized spacial score (nSPS) is 16.7. The summed E-state index contributed by atoms with van der Waals surface area (Å²) in [6.07, 6.45) is -0.362. The highest BCUT2D eigenvalue weighted by molar-refractivity contribution is 14.1. The molecule has 0 amide bonds. The van der Waals surface area contributed by atoms with Crippen molar-refractivity contribution in [1.82, 2.24) is 5.48 Å². The first kappa shape index (κ1) is 16.1. The van der Waals surface area contributed by atoms with Crippen molar-refractivity contribution in [3.63, 3.8) is 0 Å². The number of amidine groups is 1. The molecule has 0 spiro atoms. The van der Waals surface area contributed by atoms with E-state index >= 15 is 0 Å². The summed E-state index contributed by atoms with van der Waals surface area (Å²) in [5.74, 6) is 2.13. The van der Waals surface area contributed by atoms with Crippen molar-refractivity contribution in [3.8, 4) is 11.5 Å². The minimum atomic E-state index is -0.362. The Balaban J connectivity index is 1.82. The molecule has 23 heavy (non-hydrogen) atoms. The third-order valence-electron chi connectivity index (χ3n) is 3.42. The van der Waals surface area contributed by atoms with E-state index in [2.05, 4.69) is 33.1 Å². The van der Waals surface area contributed by atoms with Gasteiger partial charge in [-0.05, 0) is 47.2 Å². The highest BCUT2D eigenvalue weighted by Gasteiger charge is 2.22. The minimum absolute atomic E-state index is 0.362. The first-order valence-corrected chi connectivity index (χ1v) is 8.25. The quantitative estimate of drug-likeness (QED) is 0.742. The SMILES string of the molecule is COc1cc(C2N=C(C)NO2)c(I)cc1OCc1ccccc1. The molecule has 0 radical (unpaired) electrons. The second-order valence-electron chi connectivity index (χ2n) is 5.09. The van der Waals surface area contributed by atoms with Crippen molar-refractivity contribution in [2.45, 2.75) is 19.8 Å². The lowest BCUT2D eigenvalue weighted by Crippen LogP contribution is -2.13. The molecule has 0 saturated heterocycles. The Morgan fingerprint density at radius 2 is 2.00 bits per heavy atom. The van der Waals surface area contributed by atoms with Gasteiger partial charge in [0.25, 0.3) is 0 Å². The zero-order valence-corrected chi connectivity index (χ0v) is 15.0. The maximum atomic E-state index is 5.91. The maximum Gasteiger partial charge on any atom is 0.203 e. The second kappa shape index (κ2) is 7.18. The highest BCUT2D eigenvalue weighted by atomic mass is 127. The number of nitrogens with zero attached hydrogens (tertiary/aromatic N) is 1. The molecule has 2 aromatic rings. The van der Waals surface area contributed by atoms with Gasteiger partial charge in [-0.25, -0.2) is 9.83 Å². The Kier molecular flexibility index (Phi) is 5.02. The lowest BCUT2D eigenvalue weighted by Gasteiger charge is -2.15. The van der Waals surface area contributed by atoms with E-state index in [0.717, 1.165) is 20.5 Å². The molecule has 0 aromatic heterocycles. The molecular weight excluding hydrogens is 407 g/mol. The Hall–Kier alpha value is -1.80. The molecule has 1 unspecified atom stereocenters. The summed E-state index contributed by atoms with van der Waals surface area (Å²) < 4.78 is 12.4. The summed E-state index contributed by atoms with van der Waals surface area (Å²) in [6, 6.07) is 13.9. The van der Waals surface area contributed by atoms with Crippen LogP contribution >= 0.6 is 22.6 Å². The van der Waals surface area contributed by atoms with Crippen molar-refractivity contribution >= 4 is 28.4 Å². The average Bonchev–Trinajstić information content (AvgIpc) is 3.00. The van der Waals surface area contributed by atoms with E-state index in [1.165, 1.54) is 0 Å². The molecule has 5 nitrogen and oxygen atoms in total. The van der Waals surface area contributed by atoms with E-state index in [1.807, 2.05) is 49.4 Å².